The van der Waals surface area contributed by atoms with E-state index in [1.54, 1.807) is 30.3 Å². The third-order valence-corrected chi connectivity index (χ3v) is 2.77. The highest BCUT2D eigenvalue weighted by Gasteiger charge is 1.95. The number of benzene rings is 1. The quantitative estimate of drug-likeness (QED) is 0.591. The summed E-state index contributed by atoms with van der Waals surface area (Å²) in [5.41, 5.74) is 0.530. The van der Waals surface area contributed by atoms with E-state index in [-0.39, 0.29) is 0 Å². The Balaban J connectivity index is 0.000000199. The number of hydrogen-bond donors (Lipinski definition) is 0. The van der Waals surface area contributed by atoms with Crippen molar-refractivity contribution in [2.45, 2.75) is 5.75 Å². The molecule has 0 spiro atoms. The molecule has 5 nitrogen and oxygen atoms in total. The van der Waals surface area contributed by atoms with Crippen LogP contribution in [0, 0.1) is 0 Å². The summed E-state index contributed by atoms with van der Waals surface area (Å²) >= 11 is 0. The summed E-state index contributed by atoms with van der Waals surface area (Å²) in [6.07, 6.45) is 6.00. The van der Waals surface area contributed by atoms with Crippen LogP contribution in [0.2, 0.25) is 0 Å². The molecule has 0 fully saturated rings. The second-order valence-corrected chi connectivity index (χ2v) is 5.34. The van der Waals surface area contributed by atoms with E-state index in [0.717, 1.165) is 0 Å². The number of hydrogen-bond acceptors (Lipinski definition) is 3. The van der Waals surface area contributed by atoms with Crippen LogP contribution in [-0.4, -0.2) is 17.5 Å². The van der Waals surface area contributed by atoms with E-state index < -0.39 is 15.9 Å². The van der Waals surface area contributed by atoms with E-state index in [1.165, 1.54) is 0 Å². The Morgan fingerprint density at radius 3 is 2.22 bits per heavy atom. The lowest BCUT2D eigenvalue weighted by molar-refractivity contribution is -0.670. The van der Waals surface area contributed by atoms with Gasteiger partial charge in [0.05, 0.1) is 30.0 Å². The summed E-state index contributed by atoms with van der Waals surface area (Å²) in [6.45, 7) is 0. The van der Waals surface area contributed by atoms with E-state index in [2.05, 4.69) is 0 Å². The summed E-state index contributed by atoms with van der Waals surface area (Å²) in [5, 5.41) is 0. The van der Waals surface area contributed by atoms with Gasteiger partial charge < -0.3 is 4.55 Å². The van der Waals surface area contributed by atoms with Gasteiger partial charge in [0.25, 0.3) is 0 Å². The van der Waals surface area contributed by atoms with Crippen molar-refractivity contribution in [3.05, 3.63) is 54.6 Å². The van der Waals surface area contributed by atoms with Gasteiger partial charge in [0.1, 0.15) is 12.4 Å². The minimum Gasteiger partial charge on any atom is -0.748 e. The number of rotatable bonds is 2. The highest BCUT2D eigenvalue weighted by molar-refractivity contribution is 7.84. The monoisotopic (exact) mass is 268 g/mol. The molecule has 2 rings (SSSR count). The van der Waals surface area contributed by atoms with Crippen LogP contribution >= 0.6 is 0 Å². The predicted octanol–water partition coefficient (Wildman–Crippen LogP) is 0.581. The molecule has 1 aromatic heterocycles. The molecular weight excluding hydrogens is 252 g/mol. The highest BCUT2D eigenvalue weighted by Crippen LogP contribution is 2.02. The lowest BCUT2D eigenvalue weighted by Gasteiger charge is -2.05. The Hall–Kier alpha value is -1.66. The van der Waals surface area contributed by atoms with Gasteiger partial charge in [-0.3, -0.25) is 0 Å². The first-order chi connectivity index (χ1) is 8.37. The molecule has 6 heteroatoms. The SMILES string of the molecule is Cn1cc[n+](C)c1.O=S(=O)([O-])Cc1ccccc1. The molecule has 0 amide bonds. The maximum absolute atomic E-state index is 10.2. The average Bonchev–Trinajstić information content (AvgIpc) is 2.62. The third-order valence-electron chi connectivity index (χ3n) is 2.09. The van der Waals surface area contributed by atoms with Crippen molar-refractivity contribution in [2.75, 3.05) is 0 Å². The van der Waals surface area contributed by atoms with Gasteiger partial charge in [-0.1, -0.05) is 30.3 Å². The largest absolute Gasteiger partial charge is 0.748 e. The molecule has 0 unspecified atom stereocenters. The summed E-state index contributed by atoms with van der Waals surface area (Å²) < 4.78 is 34.7. The molecule has 1 aromatic carbocycles. The fraction of sp³-hybridized carbons (Fsp3) is 0.250. The molecule has 98 valence electrons. The van der Waals surface area contributed by atoms with Crippen LogP contribution < -0.4 is 4.57 Å². The van der Waals surface area contributed by atoms with Crippen molar-refractivity contribution in [1.29, 1.82) is 0 Å². The first-order valence-corrected chi connectivity index (χ1v) is 6.89. The zero-order valence-electron chi connectivity index (χ0n) is 10.4. The van der Waals surface area contributed by atoms with Crippen molar-refractivity contribution >= 4 is 10.1 Å². The summed E-state index contributed by atoms with van der Waals surface area (Å²) in [7, 11) is -0.127. The van der Waals surface area contributed by atoms with Crippen LogP contribution in [0.4, 0.5) is 0 Å². The zero-order chi connectivity index (χ0) is 13.6. The van der Waals surface area contributed by atoms with E-state index in [9.17, 15) is 13.0 Å². The van der Waals surface area contributed by atoms with E-state index in [1.807, 2.05) is 42.0 Å². The van der Waals surface area contributed by atoms with Crippen LogP contribution in [0.1, 0.15) is 5.56 Å². The molecule has 0 saturated carbocycles. The topological polar surface area (TPSA) is 66.0 Å². The summed E-state index contributed by atoms with van der Waals surface area (Å²) in [6, 6.07) is 8.37. The van der Waals surface area contributed by atoms with Gasteiger partial charge in [0.2, 0.25) is 6.33 Å². The molecule has 0 aliphatic rings. The molecule has 0 aliphatic carbocycles. The van der Waals surface area contributed by atoms with Crippen LogP contribution in [-0.2, 0) is 30.0 Å². The lowest BCUT2D eigenvalue weighted by Crippen LogP contribution is -2.23. The van der Waals surface area contributed by atoms with Crippen LogP contribution in [0.15, 0.2) is 49.1 Å². The number of aryl methyl sites for hydroxylation is 2. The minimum atomic E-state index is -4.13. The van der Waals surface area contributed by atoms with Gasteiger partial charge in [-0.25, -0.2) is 17.6 Å². The summed E-state index contributed by atoms with van der Waals surface area (Å²) in [4.78, 5) is 0. The second kappa shape index (κ2) is 6.32. The molecule has 18 heavy (non-hydrogen) atoms. The van der Waals surface area contributed by atoms with Crippen LogP contribution in [0.5, 0.6) is 0 Å². The predicted molar refractivity (Wildman–Crippen MR) is 66.4 cm³/mol. The Kier molecular flexibility index (Phi) is 5.06. The number of nitrogens with zero attached hydrogens (tertiary/aromatic N) is 2. The van der Waals surface area contributed by atoms with Crippen LogP contribution in [0.3, 0.4) is 0 Å². The Morgan fingerprint density at radius 1 is 1.28 bits per heavy atom. The first-order valence-electron chi connectivity index (χ1n) is 5.31. The minimum absolute atomic E-state index is 0.423. The van der Waals surface area contributed by atoms with E-state index in [4.69, 9.17) is 0 Å². The van der Waals surface area contributed by atoms with E-state index in [0.29, 0.717) is 5.56 Å². The average molecular weight is 268 g/mol. The standard InChI is InChI=1S/C7H8O3S.C5H9N2/c8-11(9,10)6-7-4-2-1-3-5-7;1-6-3-4-7(2)5-6/h1-5H,6H2,(H,8,9,10);3-5H,1-2H3/q;+1/p-1. The molecule has 2 aromatic rings. The molecular formula is C12H16N2O3S. The third kappa shape index (κ3) is 6.17. The summed E-state index contributed by atoms with van der Waals surface area (Å²) in [5.74, 6) is -0.423. The highest BCUT2D eigenvalue weighted by atomic mass is 32.2. The number of aromatic nitrogens is 2. The van der Waals surface area contributed by atoms with E-state index >= 15 is 0 Å². The van der Waals surface area contributed by atoms with Gasteiger partial charge in [0.15, 0.2) is 0 Å². The normalized spacial score (nSPS) is 10.6. The van der Waals surface area contributed by atoms with Gasteiger partial charge in [-0.05, 0) is 5.56 Å². The molecule has 0 saturated heterocycles. The second-order valence-electron chi connectivity index (χ2n) is 3.93. The van der Waals surface area contributed by atoms with Crippen molar-refractivity contribution in [3.8, 4) is 0 Å². The number of imidazole rings is 1. The van der Waals surface area contributed by atoms with Gasteiger partial charge in [-0.2, -0.15) is 0 Å². The first kappa shape index (κ1) is 14.4. The molecule has 0 radical (unpaired) electrons. The Bertz CT molecular complexity index is 560. The Morgan fingerprint density at radius 2 is 1.89 bits per heavy atom. The van der Waals surface area contributed by atoms with Crippen molar-refractivity contribution in [2.24, 2.45) is 14.1 Å². The van der Waals surface area contributed by atoms with Gasteiger partial charge in [0, 0.05) is 0 Å². The maximum atomic E-state index is 10.2. The Labute approximate surface area is 107 Å². The van der Waals surface area contributed by atoms with Crippen molar-refractivity contribution in [3.63, 3.8) is 0 Å². The fourth-order valence-corrected chi connectivity index (χ4v) is 1.95. The van der Waals surface area contributed by atoms with Gasteiger partial charge >= 0.3 is 0 Å². The van der Waals surface area contributed by atoms with Crippen LogP contribution in [0.25, 0.3) is 0 Å². The smallest absolute Gasteiger partial charge is 0.243 e. The maximum Gasteiger partial charge on any atom is 0.243 e. The molecule has 0 atom stereocenters. The lowest BCUT2D eigenvalue weighted by atomic mass is 10.2. The zero-order valence-corrected chi connectivity index (χ0v) is 11.2. The van der Waals surface area contributed by atoms with Crippen molar-refractivity contribution in [1.82, 2.24) is 4.57 Å². The van der Waals surface area contributed by atoms with Gasteiger partial charge in [-0.15, -0.1) is 0 Å². The fourth-order valence-electron chi connectivity index (χ4n) is 1.35. The molecule has 0 bridgehead atoms. The molecule has 0 aliphatic heterocycles. The molecule has 1 heterocycles. The molecule has 0 N–H and O–H groups in total. The van der Waals surface area contributed by atoms with Crippen molar-refractivity contribution < 1.29 is 17.5 Å².